The molecular weight excluding hydrogens is 61.0 g/mol. The van der Waals surface area contributed by atoms with Gasteiger partial charge in [0, 0.05) is 0 Å². The van der Waals surface area contributed by atoms with Gasteiger partial charge in [-0.1, -0.05) is 0 Å². The summed E-state index contributed by atoms with van der Waals surface area (Å²) in [5, 5.41) is 13.9. The van der Waals surface area contributed by atoms with Crippen molar-refractivity contribution in [2.75, 3.05) is 0 Å². The van der Waals surface area contributed by atoms with Gasteiger partial charge >= 0.3 is 6.16 Å². The molecule has 0 unspecified atom stereocenters. The van der Waals surface area contributed by atoms with Crippen molar-refractivity contribution < 1.29 is 15.0 Å². The number of hydrogen-bond donors (Lipinski definition) is 2. The molecule has 0 bridgehead atoms. The Morgan fingerprint density at radius 1 is 1.50 bits per heavy atom. The Balaban J connectivity index is 2.80. The minimum atomic E-state index is -1.83. The first-order valence-corrected chi connectivity index (χ1v) is 0.651. The van der Waals surface area contributed by atoms with Crippen LogP contribution in [0.4, 0.5) is 4.79 Å². The van der Waals surface area contributed by atoms with Crippen molar-refractivity contribution in [3.63, 3.8) is 0 Å². The third kappa shape index (κ3) is 0.174. The summed E-state index contributed by atoms with van der Waals surface area (Å²) >= 11 is 0. The molecule has 0 aliphatic rings. The van der Waals surface area contributed by atoms with Crippen LogP contribution in [-0.4, -0.2) is 16.4 Å². The smallest absolute Gasteiger partial charge is 0.450 e. The first-order chi connectivity index (χ1) is 1.73. The number of carboxylic acid groups (broad SMARTS) is 2. The zero-order valence-electron chi connectivity index (χ0n) is 1.80. The molecule has 0 aliphatic heterocycles. The van der Waals surface area contributed by atoms with Gasteiger partial charge in [0.05, 0.1) is 0 Å². The molecule has 24 valence electrons. The largest absolute Gasteiger partial charge is 0.503 e. The van der Waals surface area contributed by atoms with Crippen molar-refractivity contribution in [2.45, 2.75) is 0 Å². The maximum Gasteiger partial charge on any atom is 0.503 e. The van der Waals surface area contributed by atoms with Crippen molar-refractivity contribution in [1.29, 1.82) is 0 Å². The molecule has 0 heterocycles. The van der Waals surface area contributed by atoms with Crippen LogP contribution < -0.4 is 0 Å². The number of hydrogen-bond acceptors (Lipinski definition) is 1. The standard InChI is InChI=1S/CH2O3/c2-1(3)4/h(H2,2,3,4)/i1+1. The lowest BCUT2D eigenvalue weighted by molar-refractivity contribution is 0.137. The van der Waals surface area contributed by atoms with Crippen molar-refractivity contribution in [2.24, 2.45) is 0 Å². The van der Waals surface area contributed by atoms with E-state index in [-0.39, 0.29) is 0 Å². The zero-order valence-corrected chi connectivity index (χ0v) is 1.80. The lowest BCUT2D eigenvalue weighted by Gasteiger charge is -1.60. The van der Waals surface area contributed by atoms with Gasteiger partial charge in [-0.25, -0.2) is 4.79 Å². The van der Waals surface area contributed by atoms with Gasteiger partial charge in [0.15, 0.2) is 0 Å². The summed E-state index contributed by atoms with van der Waals surface area (Å²) < 4.78 is 0. The molecule has 0 saturated carbocycles. The van der Waals surface area contributed by atoms with Gasteiger partial charge < -0.3 is 10.2 Å². The molecule has 4 heavy (non-hydrogen) atoms. The molecule has 0 aromatic rings. The summed E-state index contributed by atoms with van der Waals surface area (Å²) in [5.41, 5.74) is 0. The van der Waals surface area contributed by atoms with Crippen LogP contribution in [0.15, 0.2) is 0 Å². The molecule has 0 fully saturated rings. The van der Waals surface area contributed by atoms with Crippen LogP contribution in [0.25, 0.3) is 0 Å². The van der Waals surface area contributed by atoms with Crippen LogP contribution in [0.3, 0.4) is 0 Å². The highest BCUT2D eigenvalue weighted by atomic mass is 16.7. The highest BCUT2D eigenvalue weighted by Crippen LogP contribution is 1.42. The van der Waals surface area contributed by atoms with Crippen LogP contribution in [0, 0.1) is 0 Å². The summed E-state index contributed by atoms with van der Waals surface area (Å²) in [5.74, 6) is 0. The van der Waals surface area contributed by atoms with Gasteiger partial charge in [-0.15, -0.1) is 0 Å². The van der Waals surface area contributed by atoms with Gasteiger partial charge in [0.2, 0.25) is 0 Å². The second kappa shape index (κ2) is 0.711. The molecule has 0 amide bonds. The third-order valence-electron chi connectivity index (χ3n) is 0. The highest BCUT2D eigenvalue weighted by Gasteiger charge is 1.70. The van der Waals surface area contributed by atoms with Gasteiger partial charge in [-0.05, 0) is 0 Å². The molecule has 3 nitrogen and oxygen atoms in total. The normalized spacial score (nSPS) is 6.00. The predicted octanol–water partition coefficient (Wildman–Crippen LogP) is 0.222. The fourth-order valence-electron chi connectivity index (χ4n) is 0. The Labute approximate surface area is 22.5 Å². The topological polar surface area (TPSA) is 57.5 Å². The molecule has 0 saturated heterocycles. The van der Waals surface area contributed by atoms with E-state index in [0.29, 0.717) is 0 Å². The summed E-state index contributed by atoms with van der Waals surface area (Å²) in [7, 11) is 0. The van der Waals surface area contributed by atoms with Crippen molar-refractivity contribution in [3.05, 3.63) is 0 Å². The number of rotatable bonds is 0. The second-order valence-electron chi connectivity index (χ2n) is 0.283. The maximum absolute atomic E-state index is 8.56. The van der Waals surface area contributed by atoms with E-state index in [9.17, 15) is 0 Å². The first kappa shape index (κ1) is 3.27. The van der Waals surface area contributed by atoms with Crippen molar-refractivity contribution in [1.82, 2.24) is 0 Å². The summed E-state index contributed by atoms with van der Waals surface area (Å²) in [6.45, 7) is 0. The van der Waals surface area contributed by atoms with Gasteiger partial charge in [-0.3, -0.25) is 0 Å². The molecule has 0 aromatic heterocycles. The van der Waals surface area contributed by atoms with Crippen LogP contribution in [-0.2, 0) is 0 Å². The average molecular weight is 63.0 g/mol. The molecule has 0 atom stereocenters. The van der Waals surface area contributed by atoms with Crippen LogP contribution in [0.5, 0.6) is 0 Å². The lowest BCUT2D eigenvalue weighted by Crippen LogP contribution is -1.81. The Hall–Kier alpha value is -0.730. The molecule has 3 heteroatoms. The minimum absolute atomic E-state index is 1.83. The van der Waals surface area contributed by atoms with E-state index in [1.807, 2.05) is 0 Å². The zero-order chi connectivity index (χ0) is 3.58. The van der Waals surface area contributed by atoms with Crippen molar-refractivity contribution in [3.8, 4) is 0 Å². The van der Waals surface area contributed by atoms with E-state index in [1.54, 1.807) is 0 Å². The quantitative estimate of drug-likeness (QED) is 0.395. The van der Waals surface area contributed by atoms with Crippen LogP contribution >= 0.6 is 0 Å². The molecular formula is CH2O3. The number of carbonyl (C=O) groups is 1. The average Bonchev–Trinajstić information content (AvgIpc) is 0.811. The summed E-state index contributed by atoms with van der Waals surface area (Å²) in [6, 6.07) is 0. The predicted molar refractivity (Wildman–Crippen MR) is 10.7 cm³/mol. The van der Waals surface area contributed by atoms with E-state index in [0.717, 1.165) is 0 Å². The van der Waals surface area contributed by atoms with Gasteiger partial charge in [0.1, 0.15) is 0 Å². The fraction of sp³-hybridized carbons (Fsp3) is 0. The molecule has 0 spiro atoms. The van der Waals surface area contributed by atoms with E-state index < -0.39 is 6.16 Å². The van der Waals surface area contributed by atoms with Gasteiger partial charge in [-0.2, -0.15) is 0 Å². The van der Waals surface area contributed by atoms with Crippen LogP contribution in [0.2, 0.25) is 0 Å². The first-order valence-electron chi connectivity index (χ1n) is 0.651. The molecule has 0 aliphatic carbocycles. The van der Waals surface area contributed by atoms with E-state index >= 15 is 0 Å². The third-order valence-corrected chi connectivity index (χ3v) is 0. The molecule has 0 aromatic carbocycles. The van der Waals surface area contributed by atoms with Gasteiger partial charge in [0.25, 0.3) is 0 Å². The molecule has 2 N–H and O–H groups in total. The van der Waals surface area contributed by atoms with E-state index in [2.05, 4.69) is 0 Å². The second-order valence-corrected chi connectivity index (χ2v) is 0.283. The van der Waals surface area contributed by atoms with E-state index in [4.69, 9.17) is 15.0 Å². The molecule has 0 radical (unpaired) electrons. The SMILES string of the molecule is O=[13C](O)O. The Kier molecular flexibility index (Phi) is 0.581. The maximum atomic E-state index is 8.56. The highest BCUT2D eigenvalue weighted by molar-refractivity contribution is 5.53. The molecule has 0 rings (SSSR count). The van der Waals surface area contributed by atoms with Crippen molar-refractivity contribution >= 4 is 6.16 Å². The lowest BCUT2D eigenvalue weighted by atomic mass is 12.3. The Bertz CT molecular complexity index is 26.3. The Morgan fingerprint density at radius 2 is 1.50 bits per heavy atom. The monoisotopic (exact) mass is 63.0 g/mol. The summed E-state index contributed by atoms with van der Waals surface area (Å²) in [4.78, 5) is 8.56. The minimum Gasteiger partial charge on any atom is -0.450 e. The van der Waals surface area contributed by atoms with Crippen LogP contribution in [0.1, 0.15) is 0 Å². The fourth-order valence-corrected chi connectivity index (χ4v) is 0. The Morgan fingerprint density at radius 3 is 1.50 bits per heavy atom. The van der Waals surface area contributed by atoms with E-state index in [1.165, 1.54) is 0 Å². The summed E-state index contributed by atoms with van der Waals surface area (Å²) in [6.07, 6.45) is -1.83.